The quantitative estimate of drug-likeness (QED) is 0.837. The van der Waals surface area contributed by atoms with Crippen LogP contribution in [0.15, 0.2) is 35.4 Å². The predicted octanol–water partition coefficient (Wildman–Crippen LogP) is 1.80. The molecule has 0 unspecified atom stereocenters. The van der Waals surface area contributed by atoms with Crippen LogP contribution in [0.2, 0.25) is 0 Å². The number of H-pyrrole nitrogens is 1. The standard InChI is InChI=1S/C12H12N2O2S/c15-17(16)7-1-2-10-8-9(3-4-12(10)17)11-5-6-13-14-11/h3-6,8H,1-2,7H2,(H,13,14). The molecule has 0 saturated carbocycles. The van der Waals surface area contributed by atoms with Crippen molar-refractivity contribution in [1.82, 2.24) is 10.2 Å². The molecule has 1 aliphatic rings. The highest BCUT2D eigenvalue weighted by Crippen LogP contribution is 2.28. The van der Waals surface area contributed by atoms with E-state index in [-0.39, 0.29) is 5.75 Å². The molecule has 88 valence electrons. The third kappa shape index (κ3) is 1.76. The first-order valence-electron chi connectivity index (χ1n) is 5.52. The first-order chi connectivity index (χ1) is 8.17. The Hall–Kier alpha value is -1.62. The highest BCUT2D eigenvalue weighted by Gasteiger charge is 2.23. The first kappa shape index (κ1) is 10.5. The molecule has 1 N–H and O–H groups in total. The summed E-state index contributed by atoms with van der Waals surface area (Å²) in [5.41, 5.74) is 2.82. The molecular weight excluding hydrogens is 236 g/mol. The lowest BCUT2D eigenvalue weighted by Gasteiger charge is -2.16. The van der Waals surface area contributed by atoms with Crippen molar-refractivity contribution in [3.63, 3.8) is 0 Å². The molecule has 0 radical (unpaired) electrons. The lowest BCUT2D eigenvalue weighted by molar-refractivity contribution is 0.586. The topological polar surface area (TPSA) is 62.8 Å². The Labute approximate surface area is 99.6 Å². The van der Waals surface area contributed by atoms with Crippen LogP contribution in [0.3, 0.4) is 0 Å². The summed E-state index contributed by atoms with van der Waals surface area (Å²) in [5.74, 6) is 0.267. The van der Waals surface area contributed by atoms with Gasteiger partial charge in [0.05, 0.1) is 16.3 Å². The van der Waals surface area contributed by atoms with Gasteiger partial charge >= 0.3 is 0 Å². The van der Waals surface area contributed by atoms with Crippen molar-refractivity contribution < 1.29 is 8.42 Å². The number of aryl methyl sites for hydroxylation is 1. The van der Waals surface area contributed by atoms with E-state index in [9.17, 15) is 8.42 Å². The molecule has 0 spiro atoms. The summed E-state index contributed by atoms with van der Waals surface area (Å²) in [6.45, 7) is 0. The molecule has 1 aromatic heterocycles. The highest BCUT2D eigenvalue weighted by atomic mass is 32.2. The van der Waals surface area contributed by atoms with E-state index in [1.165, 1.54) is 0 Å². The van der Waals surface area contributed by atoms with Gasteiger partial charge in [-0.3, -0.25) is 5.10 Å². The summed E-state index contributed by atoms with van der Waals surface area (Å²) in [6, 6.07) is 7.35. The van der Waals surface area contributed by atoms with Crippen molar-refractivity contribution >= 4 is 9.84 Å². The monoisotopic (exact) mass is 248 g/mol. The third-order valence-electron chi connectivity index (χ3n) is 3.07. The number of aromatic nitrogens is 2. The summed E-state index contributed by atoms with van der Waals surface area (Å²) >= 11 is 0. The number of fused-ring (bicyclic) bond motifs is 1. The van der Waals surface area contributed by atoms with Crippen LogP contribution in [0.5, 0.6) is 0 Å². The first-order valence-corrected chi connectivity index (χ1v) is 7.17. The fraction of sp³-hybridized carbons (Fsp3) is 0.250. The van der Waals surface area contributed by atoms with Gasteiger partial charge in [0.1, 0.15) is 0 Å². The van der Waals surface area contributed by atoms with E-state index in [0.717, 1.165) is 23.2 Å². The molecule has 4 nitrogen and oxygen atoms in total. The molecular formula is C12H12N2O2S. The Morgan fingerprint density at radius 1 is 1.24 bits per heavy atom. The molecule has 17 heavy (non-hydrogen) atoms. The van der Waals surface area contributed by atoms with Gasteiger partial charge in [0.2, 0.25) is 0 Å². The van der Waals surface area contributed by atoms with Crippen LogP contribution < -0.4 is 0 Å². The van der Waals surface area contributed by atoms with Crippen LogP contribution >= 0.6 is 0 Å². The Bertz CT molecular complexity index is 645. The summed E-state index contributed by atoms with van der Waals surface area (Å²) in [6.07, 6.45) is 3.23. The molecule has 0 bridgehead atoms. The SMILES string of the molecule is O=S1(=O)CCCc2cc(-c3ccn[nH]3)ccc21. The molecule has 0 saturated heterocycles. The van der Waals surface area contributed by atoms with E-state index in [1.54, 1.807) is 12.3 Å². The summed E-state index contributed by atoms with van der Waals surface area (Å²) < 4.78 is 23.7. The van der Waals surface area contributed by atoms with Crippen LogP contribution in [-0.2, 0) is 16.3 Å². The molecule has 5 heteroatoms. The lowest BCUT2D eigenvalue weighted by Crippen LogP contribution is -2.15. The zero-order valence-corrected chi connectivity index (χ0v) is 10.00. The predicted molar refractivity (Wildman–Crippen MR) is 64.4 cm³/mol. The van der Waals surface area contributed by atoms with Gasteiger partial charge in [0.15, 0.2) is 9.84 Å². The molecule has 2 heterocycles. The van der Waals surface area contributed by atoms with Gasteiger partial charge in [0, 0.05) is 6.20 Å². The van der Waals surface area contributed by atoms with Crippen molar-refractivity contribution in [2.24, 2.45) is 0 Å². The average Bonchev–Trinajstić information content (AvgIpc) is 2.81. The highest BCUT2D eigenvalue weighted by molar-refractivity contribution is 7.91. The van der Waals surface area contributed by atoms with Gasteiger partial charge < -0.3 is 0 Å². The fourth-order valence-corrected chi connectivity index (χ4v) is 3.81. The van der Waals surface area contributed by atoms with Crippen LogP contribution in [0, 0.1) is 0 Å². The van der Waals surface area contributed by atoms with Crippen molar-refractivity contribution in [3.05, 3.63) is 36.0 Å². The Morgan fingerprint density at radius 2 is 2.12 bits per heavy atom. The van der Waals surface area contributed by atoms with Crippen LogP contribution in [-0.4, -0.2) is 24.4 Å². The van der Waals surface area contributed by atoms with Crippen molar-refractivity contribution in [2.75, 3.05) is 5.75 Å². The minimum absolute atomic E-state index is 0.267. The largest absolute Gasteiger partial charge is 0.278 e. The summed E-state index contributed by atoms with van der Waals surface area (Å²) in [7, 11) is -3.05. The molecule has 1 aromatic carbocycles. The Balaban J connectivity index is 2.15. The number of rotatable bonds is 1. The van der Waals surface area contributed by atoms with Gasteiger partial charge in [-0.2, -0.15) is 5.10 Å². The Kier molecular flexibility index (Phi) is 2.29. The zero-order valence-electron chi connectivity index (χ0n) is 9.18. The van der Waals surface area contributed by atoms with E-state index in [2.05, 4.69) is 10.2 Å². The molecule has 2 aromatic rings. The third-order valence-corrected chi connectivity index (χ3v) is 4.96. The second-order valence-corrected chi connectivity index (χ2v) is 6.29. The molecule has 0 amide bonds. The van der Waals surface area contributed by atoms with E-state index in [0.29, 0.717) is 11.3 Å². The zero-order chi connectivity index (χ0) is 11.9. The molecule has 0 aliphatic carbocycles. The van der Waals surface area contributed by atoms with Gasteiger partial charge in [-0.25, -0.2) is 8.42 Å². The van der Waals surface area contributed by atoms with Crippen LogP contribution in [0.1, 0.15) is 12.0 Å². The van der Waals surface area contributed by atoms with Crippen LogP contribution in [0.4, 0.5) is 0 Å². The maximum Gasteiger partial charge on any atom is 0.178 e. The van der Waals surface area contributed by atoms with Gasteiger partial charge in [-0.15, -0.1) is 0 Å². The van der Waals surface area contributed by atoms with Crippen molar-refractivity contribution in [1.29, 1.82) is 0 Å². The minimum atomic E-state index is -3.05. The Morgan fingerprint density at radius 3 is 2.88 bits per heavy atom. The number of nitrogens with one attached hydrogen (secondary N) is 1. The molecule has 3 rings (SSSR count). The average molecular weight is 248 g/mol. The van der Waals surface area contributed by atoms with Gasteiger partial charge in [-0.1, -0.05) is 6.07 Å². The van der Waals surface area contributed by atoms with Crippen LogP contribution in [0.25, 0.3) is 11.3 Å². The maximum absolute atomic E-state index is 11.9. The number of sulfone groups is 1. The van der Waals surface area contributed by atoms with E-state index < -0.39 is 9.84 Å². The van der Waals surface area contributed by atoms with Crippen molar-refractivity contribution in [2.45, 2.75) is 17.7 Å². The summed E-state index contributed by atoms with van der Waals surface area (Å²) in [5, 5.41) is 6.78. The molecule has 0 fully saturated rings. The van der Waals surface area contributed by atoms with Gasteiger partial charge in [0.25, 0.3) is 0 Å². The fourth-order valence-electron chi connectivity index (χ4n) is 2.23. The smallest absolute Gasteiger partial charge is 0.178 e. The molecule has 1 aliphatic heterocycles. The second-order valence-electron chi connectivity index (χ2n) is 4.22. The lowest BCUT2D eigenvalue weighted by atomic mass is 10.0. The number of benzene rings is 1. The molecule has 0 atom stereocenters. The number of hydrogen-bond donors (Lipinski definition) is 1. The number of hydrogen-bond acceptors (Lipinski definition) is 3. The second kappa shape index (κ2) is 3.70. The maximum atomic E-state index is 11.9. The van der Waals surface area contributed by atoms with E-state index in [4.69, 9.17) is 0 Å². The summed E-state index contributed by atoms with van der Waals surface area (Å²) in [4.78, 5) is 0.493. The van der Waals surface area contributed by atoms with E-state index in [1.807, 2.05) is 18.2 Å². The minimum Gasteiger partial charge on any atom is -0.278 e. The van der Waals surface area contributed by atoms with Crippen molar-refractivity contribution in [3.8, 4) is 11.3 Å². The normalized spacial score (nSPS) is 17.6. The number of aromatic amines is 1. The van der Waals surface area contributed by atoms with Gasteiger partial charge in [-0.05, 0) is 42.2 Å². The van der Waals surface area contributed by atoms with E-state index >= 15 is 0 Å². The number of nitrogens with zero attached hydrogens (tertiary/aromatic N) is 1.